The van der Waals surface area contributed by atoms with E-state index >= 15 is 0 Å². The average molecular weight is 569 g/mol. The van der Waals surface area contributed by atoms with Crippen LogP contribution in [-0.4, -0.2) is 76.7 Å². The van der Waals surface area contributed by atoms with Crippen LogP contribution in [0.1, 0.15) is 6.42 Å². The summed E-state index contributed by atoms with van der Waals surface area (Å²) in [7, 11) is 0.109. The molecule has 11 heteroatoms. The van der Waals surface area contributed by atoms with Gasteiger partial charge in [0.15, 0.2) is 11.5 Å². The highest BCUT2D eigenvalue weighted by atomic mass is 32.2. The highest BCUT2D eigenvalue weighted by molar-refractivity contribution is 7.94. The van der Waals surface area contributed by atoms with E-state index in [0.717, 1.165) is 55.9 Å². The van der Waals surface area contributed by atoms with Crippen molar-refractivity contribution in [1.82, 2.24) is 14.8 Å². The van der Waals surface area contributed by atoms with Gasteiger partial charge < -0.3 is 24.0 Å². The number of benzene rings is 2. The van der Waals surface area contributed by atoms with Gasteiger partial charge in [-0.05, 0) is 49.2 Å². The van der Waals surface area contributed by atoms with Crippen LogP contribution in [0.4, 0.5) is 5.69 Å². The minimum absolute atomic E-state index is 0.249. The van der Waals surface area contributed by atoms with E-state index < -0.39 is 10.0 Å². The van der Waals surface area contributed by atoms with E-state index in [0.29, 0.717) is 40.8 Å². The predicted octanol–water partition coefficient (Wildman–Crippen LogP) is 4.91. The van der Waals surface area contributed by atoms with Crippen LogP contribution in [0.15, 0.2) is 70.4 Å². The van der Waals surface area contributed by atoms with Gasteiger partial charge in [-0.3, -0.25) is 9.71 Å². The summed E-state index contributed by atoms with van der Waals surface area (Å²) in [5, 5.41) is 2.48. The van der Waals surface area contributed by atoms with Crippen LogP contribution >= 0.6 is 11.3 Å². The van der Waals surface area contributed by atoms with Crippen LogP contribution in [0, 0.1) is 0 Å². The molecule has 2 aromatic heterocycles. The second-order valence-electron chi connectivity index (χ2n) is 9.34. The number of fused-ring (bicyclic) bond motifs is 1. The molecule has 0 saturated carbocycles. The summed E-state index contributed by atoms with van der Waals surface area (Å²) in [6.07, 6.45) is 2.60. The maximum Gasteiger partial charge on any atom is 0.271 e. The second kappa shape index (κ2) is 12.2. The van der Waals surface area contributed by atoms with Crippen molar-refractivity contribution in [2.24, 2.45) is 0 Å². The van der Waals surface area contributed by atoms with Gasteiger partial charge in [-0.25, -0.2) is 8.42 Å². The third-order valence-corrected chi connectivity index (χ3v) is 9.31. The molecule has 0 aliphatic carbocycles. The number of rotatable bonds is 11. The average Bonchev–Trinajstić information content (AvgIpc) is 3.48. The normalized spacial score (nSPS) is 14.8. The minimum Gasteiger partial charge on any atom is -0.493 e. The molecule has 5 rings (SSSR count). The molecule has 0 atom stereocenters. The molecule has 1 aliphatic heterocycles. The lowest BCUT2D eigenvalue weighted by atomic mass is 10.1. The number of nitrogens with one attached hydrogen (secondary N) is 1. The Morgan fingerprint density at radius 3 is 2.62 bits per heavy atom. The van der Waals surface area contributed by atoms with E-state index in [9.17, 15) is 8.42 Å². The van der Waals surface area contributed by atoms with Gasteiger partial charge in [-0.15, -0.1) is 11.3 Å². The molecule has 0 amide bonds. The second-order valence-corrected chi connectivity index (χ2v) is 12.2. The molecule has 1 N–H and O–H groups in total. The molecule has 9 nitrogen and oxygen atoms in total. The molecule has 0 bridgehead atoms. The number of hydrogen-bond acceptors (Lipinski definition) is 9. The maximum atomic E-state index is 12.6. The number of anilines is 1. The van der Waals surface area contributed by atoms with Crippen molar-refractivity contribution >= 4 is 38.0 Å². The molecule has 0 spiro atoms. The number of thiophene rings is 1. The van der Waals surface area contributed by atoms with E-state index in [1.165, 1.54) is 0 Å². The Hall–Kier alpha value is -3.38. The number of pyridine rings is 1. The van der Waals surface area contributed by atoms with Gasteiger partial charge in [-0.1, -0.05) is 12.1 Å². The number of methoxy groups -OCH3 is 1. The first kappa shape index (κ1) is 27.2. The zero-order valence-electron chi connectivity index (χ0n) is 22.0. The largest absolute Gasteiger partial charge is 0.493 e. The lowest BCUT2D eigenvalue weighted by Crippen LogP contribution is -2.44. The quantitative estimate of drug-likeness (QED) is 0.255. The van der Waals surface area contributed by atoms with Gasteiger partial charge in [0.25, 0.3) is 10.0 Å². The summed E-state index contributed by atoms with van der Waals surface area (Å²) >= 11 is 1.16. The van der Waals surface area contributed by atoms with E-state index in [1.54, 1.807) is 61.2 Å². The first-order valence-corrected chi connectivity index (χ1v) is 15.1. The number of hydrogen-bond donors (Lipinski definition) is 1. The van der Waals surface area contributed by atoms with Crippen LogP contribution in [0.25, 0.3) is 10.9 Å². The first-order chi connectivity index (χ1) is 18.9. The van der Waals surface area contributed by atoms with Gasteiger partial charge >= 0.3 is 0 Å². The van der Waals surface area contributed by atoms with Crippen molar-refractivity contribution in [3.05, 3.63) is 66.2 Å². The van der Waals surface area contributed by atoms with Gasteiger partial charge in [0.2, 0.25) is 0 Å². The van der Waals surface area contributed by atoms with Crippen LogP contribution in [0.5, 0.6) is 23.0 Å². The summed E-state index contributed by atoms with van der Waals surface area (Å²) in [5.74, 6) is 2.28. The van der Waals surface area contributed by atoms with E-state index in [-0.39, 0.29) is 4.21 Å². The third-order valence-electron chi connectivity index (χ3n) is 6.53. The van der Waals surface area contributed by atoms with Crippen LogP contribution < -0.4 is 18.9 Å². The standard InChI is InChI=1S/C28H32N4O5S2/c1-31-12-14-32(15-13-31)11-5-16-36-27-20-24-23(19-26(27)35-2)25(9-10-29-24)37-22-7-3-6-21(18-22)30-39(33,34)28-8-4-17-38-28/h3-4,6-10,17-20,30H,5,11-16H2,1-2H3. The fraction of sp³-hybridized carbons (Fsp3) is 0.321. The Kier molecular flexibility index (Phi) is 8.51. The number of aromatic nitrogens is 1. The Morgan fingerprint density at radius 1 is 1.00 bits per heavy atom. The van der Waals surface area contributed by atoms with Gasteiger partial charge in [0.05, 0.1) is 24.9 Å². The Morgan fingerprint density at radius 2 is 1.85 bits per heavy atom. The molecule has 2 aromatic carbocycles. The molecule has 1 saturated heterocycles. The summed E-state index contributed by atoms with van der Waals surface area (Å²) in [4.78, 5) is 9.32. The van der Waals surface area contributed by atoms with E-state index in [2.05, 4.69) is 26.6 Å². The molecular formula is C28H32N4O5S2. The van der Waals surface area contributed by atoms with E-state index in [4.69, 9.17) is 14.2 Å². The number of sulfonamides is 1. The Balaban J connectivity index is 1.28. The predicted molar refractivity (Wildman–Crippen MR) is 154 cm³/mol. The highest BCUT2D eigenvalue weighted by Gasteiger charge is 2.17. The summed E-state index contributed by atoms with van der Waals surface area (Å²) in [5.41, 5.74) is 1.11. The van der Waals surface area contributed by atoms with Crippen LogP contribution in [0.2, 0.25) is 0 Å². The Labute approximate surface area is 233 Å². The molecule has 3 heterocycles. The van der Waals surface area contributed by atoms with Crippen molar-refractivity contribution < 1.29 is 22.6 Å². The smallest absolute Gasteiger partial charge is 0.271 e. The highest BCUT2D eigenvalue weighted by Crippen LogP contribution is 2.37. The molecule has 1 fully saturated rings. The summed E-state index contributed by atoms with van der Waals surface area (Å²) in [6.45, 7) is 5.97. The van der Waals surface area contributed by atoms with Crippen molar-refractivity contribution in [2.75, 3.05) is 58.2 Å². The molecule has 39 heavy (non-hydrogen) atoms. The zero-order chi connectivity index (χ0) is 27.2. The molecular weight excluding hydrogens is 536 g/mol. The topological polar surface area (TPSA) is 93.2 Å². The first-order valence-electron chi connectivity index (χ1n) is 12.8. The molecule has 206 valence electrons. The van der Waals surface area contributed by atoms with Crippen LogP contribution in [-0.2, 0) is 10.0 Å². The molecule has 0 radical (unpaired) electrons. The number of ether oxygens (including phenoxy) is 3. The SMILES string of the molecule is COc1cc2c(Oc3cccc(NS(=O)(=O)c4cccs4)c3)ccnc2cc1OCCCN1CCN(C)CC1. The number of nitrogens with zero attached hydrogens (tertiary/aromatic N) is 3. The maximum absolute atomic E-state index is 12.6. The lowest BCUT2D eigenvalue weighted by molar-refractivity contribution is 0.145. The zero-order valence-corrected chi connectivity index (χ0v) is 23.6. The fourth-order valence-corrected chi connectivity index (χ4v) is 6.45. The van der Waals surface area contributed by atoms with Crippen molar-refractivity contribution in [3.8, 4) is 23.0 Å². The molecule has 1 aliphatic rings. The molecule has 4 aromatic rings. The van der Waals surface area contributed by atoms with Crippen molar-refractivity contribution in [1.29, 1.82) is 0 Å². The number of likely N-dealkylation sites (N-methyl/N-ethyl adjacent to an activating group) is 1. The van der Waals surface area contributed by atoms with Crippen molar-refractivity contribution in [3.63, 3.8) is 0 Å². The fourth-order valence-electron chi connectivity index (χ4n) is 4.40. The monoisotopic (exact) mass is 568 g/mol. The molecule has 0 unspecified atom stereocenters. The van der Waals surface area contributed by atoms with Crippen molar-refractivity contribution in [2.45, 2.75) is 10.6 Å². The lowest BCUT2D eigenvalue weighted by Gasteiger charge is -2.32. The van der Waals surface area contributed by atoms with Gasteiger partial charge in [0.1, 0.15) is 15.7 Å². The summed E-state index contributed by atoms with van der Waals surface area (Å²) in [6, 6.07) is 15.6. The van der Waals surface area contributed by atoms with Gasteiger partial charge in [-0.2, -0.15) is 0 Å². The van der Waals surface area contributed by atoms with Crippen LogP contribution in [0.3, 0.4) is 0 Å². The Bertz CT molecular complexity index is 1500. The summed E-state index contributed by atoms with van der Waals surface area (Å²) < 4.78 is 46.0. The van der Waals surface area contributed by atoms with Gasteiger partial charge in [0, 0.05) is 56.4 Å². The number of piperazine rings is 1. The van der Waals surface area contributed by atoms with E-state index in [1.807, 2.05) is 12.1 Å². The third kappa shape index (κ3) is 6.80. The minimum atomic E-state index is -3.66.